The topological polar surface area (TPSA) is 23.5 Å². The van der Waals surface area contributed by atoms with E-state index in [1.807, 2.05) is 0 Å². The smallest absolute Gasteiger partial charge is 0.0730 e. The molecule has 60 valence electrons. The molecule has 0 aliphatic carbocycles. The first-order chi connectivity index (χ1) is 4.56. The normalized spacial score (nSPS) is 33.0. The van der Waals surface area contributed by atoms with Crippen LogP contribution in [0.4, 0.5) is 0 Å². The lowest BCUT2D eigenvalue weighted by molar-refractivity contribution is 0.0956. The largest absolute Gasteiger partial charge is 0.391 e. The molecule has 1 saturated heterocycles. The first-order valence-corrected chi connectivity index (χ1v) is 3.96. The van der Waals surface area contributed by atoms with Gasteiger partial charge < -0.3 is 10.0 Å². The lowest BCUT2D eigenvalue weighted by atomic mass is 9.90. The molecule has 0 saturated carbocycles. The van der Waals surface area contributed by atoms with E-state index in [-0.39, 0.29) is 11.5 Å². The van der Waals surface area contributed by atoms with E-state index in [1.54, 1.807) is 0 Å². The molecule has 1 aliphatic heterocycles. The Morgan fingerprint density at radius 3 is 2.40 bits per heavy atom. The van der Waals surface area contributed by atoms with E-state index in [1.165, 1.54) is 0 Å². The van der Waals surface area contributed by atoms with Gasteiger partial charge in [-0.2, -0.15) is 0 Å². The van der Waals surface area contributed by atoms with Gasteiger partial charge in [0.2, 0.25) is 0 Å². The van der Waals surface area contributed by atoms with E-state index in [9.17, 15) is 5.11 Å². The maximum absolute atomic E-state index is 9.52. The minimum Gasteiger partial charge on any atom is -0.391 e. The van der Waals surface area contributed by atoms with Gasteiger partial charge in [0, 0.05) is 18.5 Å². The molecule has 1 fully saturated rings. The lowest BCUT2D eigenvalue weighted by Gasteiger charge is -2.20. The number of aliphatic hydroxyl groups is 1. The van der Waals surface area contributed by atoms with E-state index >= 15 is 0 Å². The van der Waals surface area contributed by atoms with Crippen LogP contribution in [-0.4, -0.2) is 35.7 Å². The van der Waals surface area contributed by atoms with Crippen molar-refractivity contribution in [1.29, 1.82) is 0 Å². The molecule has 0 aromatic carbocycles. The van der Waals surface area contributed by atoms with Gasteiger partial charge in [-0.15, -0.1) is 0 Å². The second kappa shape index (κ2) is 2.51. The third-order valence-corrected chi connectivity index (χ3v) is 2.41. The Labute approximate surface area is 62.8 Å². The first-order valence-electron chi connectivity index (χ1n) is 3.96. The zero-order valence-corrected chi connectivity index (χ0v) is 7.09. The Bertz CT molecular complexity index is 122. The van der Waals surface area contributed by atoms with Gasteiger partial charge >= 0.3 is 0 Å². The highest BCUT2D eigenvalue weighted by Crippen LogP contribution is 2.28. The summed E-state index contributed by atoms with van der Waals surface area (Å²) in [5, 5.41) is 9.52. The molecule has 2 nitrogen and oxygen atoms in total. The van der Waals surface area contributed by atoms with Crippen molar-refractivity contribution in [2.75, 3.05) is 19.6 Å². The van der Waals surface area contributed by atoms with Crippen LogP contribution >= 0.6 is 0 Å². The van der Waals surface area contributed by atoms with Crippen molar-refractivity contribution in [2.24, 2.45) is 5.41 Å². The Balaban J connectivity index is 2.53. The van der Waals surface area contributed by atoms with Crippen LogP contribution in [0.5, 0.6) is 0 Å². The minimum absolute atomic E-state index is 0.107. The van der Waals surface area contributed by atoms with Crippen LogP contribution in [0.1, 0.15) is 20.8 Å². The summed E-state index contributed by atoms with van der Waals surface area (Å²) in [6.07, 6.45) is -0.132. The summed E-state index contributed by atoms with van der Waals surface area (Å²) in [6.45, 7) is 9.31. The van der Waals surface area contributed by atoms with Crippen molar-refractivity contribution in [2.45, 2.75) is 26.9 Å². The first kappa shape index (κ1) is 8.02. The van der Waals surface area contributed by atoms with Crippen molar-refractivity contribution >= 4 is 0 Å². The third kappa shape index (κ3) is 1.32. The molecule has 0 bridgehead atoms. The predicted molar refractivity (Wildman–Crippen MR) is 41.9 cm³/mol. The van der Waals surface area contributed by atoms with Crippen molar-refractivity contribution in [3.63, 3.8) is 0 Å². The highest BCUT2D eigenvalue weighted by atomic mass is 16.3. The van der Waals surface area contributed by atoms with Crippen LogP contribution in [0.2, 0.25) is 0 Å². The van der Waals surface area contributed by atoms with Gasteiger partial charge in [0.05, 0.1) is 6.10 Å². The fraction of sp³-hybridized carbons (Fsp3) is 1.00. The van der Waals surface area contributed by atoms with Gasteiger partial charge in [-0.3, -0.25) is 0 Å². The Hall–Kier alpha value is -0.0800. The quantitative estimate of drug-likeness (QED) is 0.584. The molecule has 1 aliphatic rings. The molecule has 0 amide bonds. The molecule has 0 aromatic heterocycles. The highest BCUT2D eigenvalue weighted by molar-refractivity contribution is 4.89. The molecule has 0 unspecified atom stereocenters. The molecular formula is C8H17NO. The van der Waals surface area contributed by atoms with E-state index in [2.05, 4.69) is 25.7 Å². The number of rotatable bonds is 1. The molecule has 2 heteroatoms. The van der Waals surface area contributed by atoms with E-state index in [0.29, 0.717) is 0 Å². The zero-order valence-electron chi connectivity index (χ0n) is 7.09. The number of aliphatic hydroxyl groups excluding tert-OH is 1. The molecule has 0 aromatic rings. The van der Waals surface area contributed by atoms with E-state index in [4.69, 9.17) is 0 Å². The van der Waals surface area contributed by atoms with Crippen LogP contribution < -0.4 is 0 Å². The number of hydrogen-bond acceptors (Lipinski definition) is 2. The molecule has 1 heterocycles. The maximum atomic E-state index is 9.52. The fourth-order valence-electron chi connectivity index (χ4n) is 1.48. The summed E-state index contributed by atoms with van der Waals surface area (Å²) in [4.78, 5) is 2.28. The summed E-state index contributed by atoms with van der Waals surface area (Å²) in [7, 11) is 0. The third-order valence-electron chi connectivity index (χ3n) is 2.41. The zero-order chi connectivity index (χ0) is 7.78. The summed E-state index contributed by atoms with van der Waals surface area (Å²) >= 11 is 0. The van der Waals surface area contributed by atoms with Gasteiger partial charge in [-0.25, -0.2) is 0 Å². The molecule has 1 N–H and O–H groups in total. The minimum atomic E-state index is -0.132. The average Bonchev–Trinajstić information content (AvgIpc) is 2.08. The second-order valence-corrected chi connectivity index (χ2v) is 3.83. The van der Waals surface area contributed by atoms with Crippen LogP contribution in [0.15, 0.2) is 0 Å². The van der Waals surface area contributed by atoms with Crippen molar-refractivity contribution < 1.29 is 5.11 Å². The number of likely N-dealkylation sites (tertiary alicyclic amines) is 1. The molecule has 0 radical (unpaired) electrons. The van der Waals surface area contributed by atoms with Crippen molar-refractivity contribution in [3.05, 3.63) is 0 Å². The van der Waals surface area contributed by atoms with Crippen LogP contribution in [-0.2, 0) is 0 Å². The summed E-state index contributed by atoms with van der Waals surface area (Å²) in [5.41, 5.74) is 0.107. The Kier molecular flexibility index (Phi) is 2.02. The van der Waals surface area contributed by atoms with Gasteiger partial charge in [0.1, 0.15) is 0 Å². The lowest BCUT2D eigenvalue weighted by Crippen LogP contribution is -2.26. The molecule has 1 rings (SSSR count). The van der Waals surface area contributed by atoms with Crippen molar-refractivity contribution in [3.8, 4) is 0 Å². The monoisotopic (exact) mass is 143 g/mol. The molecule has 0 spiro atoms. The number of hydrogen-bond donors (Lipinski definition) is 1. The fourth-order valence-corrected chi connectivity index (χ4v) is 1.48. The van der Waals surface area contributed by atoms with Crippen LogP contribution in [0.25, 0.3) is 0 Å². The molecular weight excluding hydrogens is 126 g/mol. The van der Waals surface area contributed by atoms with Crippen LogP contribution in [0.3, 0.4) is 0 Å². The highest BCUT2D eigenvalue weighted by Gasteiger charge is 2.36. The van der Waals surface area contributed by atoms with Crippen LogP contribution in [0, 0.1) is 5.41 Å². The second-order valence-electron chi connectivity index (χ2n) is 3.83. The van der Waals surface area contributed by atoms with Gasteiger partial charge in [-0.05, 0) is 6.54 Å². The Morgan fingerprint density at radius 1 is 1.60 bits per heavy atom. The summed E-state index contributed by atoms with van der Waals surface area (Å²) in [5.74, 6) is 0. The van der Waals surface area contributed by atoms with E-state index < -0.39 is 0 Å². The average molecular weight is 143 g/mol. The number of likely N-dealkylation sites (N-methyl/N-ethyl adjacent to an activating group) is 1. The predicted octanol–water partition coefficient (Wildman–Crippen LogP) is 0.709. The summed E-state index contributed by atoms with van der Waals surface area (Å²) < 4.78 is 0. The summed E-state index contributed by atoms with van der Waals surface area (Å²) in [6, 6.07) is 0. The number of nitrogens with zero attached hydrogens (tertiary/aromatic N) is 1. The molecule has 10 heavy (non-hydrogen) atoms. The maximum Gasteiger partial charge on any atom is 0.0730 e. The molecule has 1 atom stereocenters. The van der Waals surface area contributed by atoms with Gasteiger partial charge in [0.25, 0.3) is 0 Å². The number of β-amino-alcohol motifs (C(OH)–C–C–N with tert-alkyl or cyclic N) is 1. The van der Waals surface area contributed by atoms with Crippen molar-refractivity contribution in [1.82, 2.24) is 4.90 Å². The van der Waals surface area contributed by atoms with E-state index in [0.717, 1.165) is 19.6 Å². The standard InChI is InChI=1S/C8H17NO/c1-4-9-5-7(10)8(2,3)6-9/h7,10H,4-6H2,1-3H3/t7-/m1/s1. The Morgan fingerprint density at radius 2 is 2.20 bits per heavy atom. The van der Waals surface area contributed by atoms with Gasteiger partial charge in [0.15, 0.2) is 0 Å². The van der Waals surface area contributed by atoms with Gasteiger partial charge in [-0.1, -0.05) is 20.8 Å². The SMILES string of the molecule is CCN1C[C@@H](O)C(C)(C)C1.